The smallest absolute Gasteiger partial charge is 0.123 e. The molecule has 1 aromatic rings. The molecule has 0 saturated carbocycles. The Hall–Kier alpha value is -1.28. The lowest BCUT2D eigenvalue weighted by atomic mass is 9.96. The van der Waals surface area contributed by atoms with Gasteiger partial charge in [0.15, 0.2) is 0 Å². The van der Waals surface area contributed by atoms with Gasteiger partial charge in [0.25, 0.3) is 0 Å². The van der Waals surface area contributed by atoms with Crippen LogP contribution >= 0.6 is 0 Å². The van der Waals surface area contributed by atoms with Gasteiger partial charge in [-0.15, -0.1) is 0 Å². The fourth-order valence-electron chi connectivity index (χ4n) is 2.17. The van der Waals surface area contributed by atoms with Crippen molar-refractivity contribution in [3.63, 3.8) is 0 Å². The minimum absolute atomic E-state index is 0.294. The van der Waals surface area contributed by atoms with Crippen molar-refractivity contribution in [2.75, 3.05) is 13.7 Å². The molecule has 0 fully saturated rings. The van der Waals surface area contributed by atoms with E-state index in [4.69, 9.17) is 4.74 Å². The number of ether oxygens (including phenoxy) is 1. The van der Waals surface area contributed by atoms with Gasteiger partial charge >= 0.3 is 0 Å². The monoisotopic (exact) mass is 261 g/mol. The molecule has 1 aromatic carbocycles. The van der Waals surface area contributed by atoms with Gasteiger partial charge in [0.1, 0.15) is 5.75 Å². The first-order valence-corrected chi connectivity index (χ1v) is 7.16. The van der Waals surface area contributed by atoms with Crippen LogP contribution in [-0.2, 0) is 0 Å². The zero-order chi connectivity index (χ0) is 14.3. The van der Waals surface area contributed by atoms with Crippen molar-refractivity contribution >= 4 is 0 Å². The fourth-order valence-corrected chi connectivity index (χ4v) is 2.17. The van der Waals surface area contributed by atoms with Crippen LogP contribution < -0.4 is 10.1 Å². The summed E-state index contributed by atoms with van der Waals surface area (Å²) in [6, 6.07) is 6.66. The molecule has 0 aliphatic rings. The van der Waals surface area contributed by atoms with Crippen LogP contribution in [0.1, 0.15) is 50.3 Å². The van der Waals surface area contributed by atoms with E-state index in [1.54, 1.807) is 7.11 Å². The molecule has 1 unspecified atom stereocenters. The standard InChI is InChI=1S/C17H27NO/c1-6-10-18-16(12-13(3)7-2)15-11-14(4)8-9-17(15)19-5/h8-9,11,16,18H,3,6-7,10,12H2,1-2,4-5H3. The Labute approximate surface area is 117 Å². The van der Waals surface area contributed by atoms with Crippen molar-refractivity contribution in [2.45, 2.75) is 46.1 Å². The predicted octanol–water partition coefficient (Wildman–Crippen LogP) is 4.40. The number of hydrogen-bond acceptors (Lipinski definition) is 2. The summed E-state index contributed by atoms with van der Waals surface area (Å²) in [6.45, 7) is 11.6. The molecule has 1 atom stereocenters. The molecule has 0 saturated heterocycles. The van der Waals surface area contributed by atoms with Crippen LogP contribution in [0.4, 0.5) is 0 Å². The van der Waals surface area contributed by atoms with Gasteiger partial charge in [0.2, 0.25) is 0 Å². The minimum Gasteiger partial charge on any atom is -0.496 e. The SMILES string of the molecule is C=C(CC)CC(NCCC)c1cc(C)ccc1OC. The first-order valence-electron chi connectivity index (χ1n) is 7.16. The van der Waals surface area contributed by atoms with E-state index in [0.717, 1.165) is 31.6 Å². The van der Waals surface area contributed by atoms with Gasteiger partial charge in [-0.1, -0.05) is 43.7 Å². The molecule has 0 spiro atoms. The Morgan fingerprint density at radius 1 is 1.37 bits per heavy atom. The maximum absolute atomic E-state index is 5.51. The first kappa shape index (κ1) is 15.8. The highest BCUT2D eigenvalue weighted by Gasteiger charge is 2.16. The molecule has 0 aromatic heterocycles. The molecule has 2 heteroatoms. The number of hydrogen-bond donors (Lipinski definition) is 1. The Morgan fingerprint density at radius 2 is 2.11 bits per heavy atom. The molecule has 0 aliphatic heterocycles. The molecule has 0 amide bonds. The first-order chi connectivity index (χ1) is 9.12. The van der Waals surface area contributed by atoms with E-state index in [1.807, 2.05) is 0 Å². The molecule has 106 valence electrons. The summed E-state index contributed by atoms with van der Waals surface area (Å²) in [6.07, 6.45) is 3.12. The molecular formula is C17H27NO. The Balaban J connectivity index is 3.00. The third-order valence-electron chi connectivity index (χ3n) is 3.39. The highest BCUT2D eigenvalue weighted by molar-refractivity contribution is 5.39. The van der Waals surface area contributed by atoms with Gasteiger partial charge < -0.3 is 10.1 Å². The summed E-state index contributed by atoms with van der Waals surface area (Å²) in [5, 5.41) is 3.61. The number of benzene rings is 1. The molecule has 0 heterocycles. The van der Waals surface area contributed by atoms with E-state index in [9.17, 15) is 0 Å². The lowest BCUT2D eigenvalue weighted by molar-refractivity contribution is 0.397. The summed E-state index contributed by atoms with van der Waals surface area (Å²) < 4.78 is 5.51. The van der Waals surface area contributed by atoms with Crippen molar-refractivity contribution < 1.29 is 4.74 Å². The molecule has 0 radical (unpaired) electrons. The maximum atomic E-state index is 5.51. The molecule has 0 aliphatic carbocycles. The predicted molar refractivity (Wildman–Crippen MR) is 82.8 cm³/mol. The van der Waals surface area contributed by atoms with Gasteiger partial charge in [-0.25, -0.2) is 0 Å². The molecular weight excluding hydrogens is 234 g/mol. The summed E-state index contributed by atoms with van der Waals surface area (Å²) in [4.78, 5) is 0. The van der Waals surface area contributed by atoms with Crippen molar-refractivity contribution in [2.24, 2.45) is 0 Å². The van der Waals surface area contributed by atoms with Crippen LogP contribution in [0.15, 0.2) is 30.4 Å². The second-order valence-corrected chi connectivity index (χ2v) is 5.06. The van der Waals surface area contributed by atoms with Gasteiger partial charge in [-0.2, -0.15) is 0 Å². The van der Waals surface area contributed by atoms with Gasteiger partial charge in [0.05, 0.1) is 7.11 Å². The van der Waals surface area contributed by atoms with Crippen LogP contribution in [0.25, 0.3) is 0 Å². The second-order valence-electron chi connectivity index (χ2n) is 5.06. The largest absolute Gasteiger partial charge is 0.496 e. The van der Waals surface area contributed by atoms with Gasteiger partial charge in [-0.05, 0) is 38.8 Å². The zero-order valence-electron chi connectivity index (χ0n) is 12.8. The van der Waals surface area contributed by atoms with Crippen LogP contribution in [0.5, 0.6) is 5.75 Å². The van der Waals surface area contributed by atoms with Crippen LogP contribution in [0.2, 0.25) is 0 Å². The lowest BCUT2D eigenvalue weighted by Crippen LogP contribution is -2.23. The molecule has 2 nitrogen and oxygen atoms in total. The zero-order valence-corrected chi connectivity index (χ0v) is 12.8. The third kappa shape index (κ3) is 4.71. The van der Waals surface area contributed by atoms with Gasteiger partial charge in [-0.3, -0.25) is 0 Å². The van der Waals surface area contributed by atoms with Crippen LogP contribution in [0, 0.1) is 6.92 Å². The molecule has 0 bridgehead atoms. The van der Waals surface area contributed by atoms with Crippen LogP contribution in [0.3, 0.4) is 0 Å². The fraction of sp³-hybridized carbons (Fsp3) is 0.529. The lowest BCUT2D eigenvalue weighted by Gasteiger charge is -2.22. The maximum Gasteiger partial charge on any atom is 0.123 e. The molecule has 1 N–H and O–H groups in total. The summed E-state index contributed by atoms with van der Waals surface area (Å²) >= 11 is 0. The summed E-state index contributed by atoms with van der Waals surface area (Å²) in [7, 11) is 1.74. The second kappa shape index (κ2) is 8.00. The topological polar surface area (TPSA) is 21.3 Å². The van der Waals surface area contributed by atoms with E-state index in [0.29, 0.717) is 6.04 Å². The highest BCUT2D eigenvalue weighted by Crippen LogP contribution is 2.30. The number of nitrogens with one attached hydrogen (secondary N) is 1. The average Bonchev–Trinajstić information content (AvgIpc) is 2.43. The molecule has 19 heavy (non-hydrogen) atoms. The van der Waals surface area contributed by atoms with E-state index in [-0.39, 0.29) is 0 Å². The normalized spacial score (nSPS) is 12.2. The van der Waals surface area contributed by atoms with Crippen molar-refractivity contribution in [1.82, 2.24) is 5.32 Å². The van der Waals surface area contributed by atoms with E-state index >= 15 is 0 Å². The van der Waals surface area contributed by atoms with Crippen LogP contribution in [-0.4, -0.2) is 13.7 Å². The minimum atomic E-state index is 0.294. The summed E-state index contributed by atoms with van der Waals surface area (Å²) in [5.74, 6) is 0.961. The quantitative estimate of drug-likeness (QED) is 0.700. The Kier molecular flexibility index (Phi) is 6.65. The number of methoxy groups -OCH3 is 1. The average molecular weight is 261 g/mol. The number of aryl methyl sites for hydroxylation is 1. The Bertz CT molecular complexity index is 412. The Morgan fingerprint density at radius 3 is 2.68 bits per heavy atom. The van der Waals surface area contributed by atoms with Crippen molar-refractivity contribution in [3.05, 3.63) is 41.5 Å². The van der Waals surface area contributed by atoms with E-state index in [1.165, 1.54) is 16.7 Å². The summed E-state index contributed by atoms with van der Waals surface area (Å²) in [5.41, 5.74) is 3.78. The van der Waals surface area contributed by atoms with Crippen molar-refractivity contribution in [1.29, 1.82) is 0 Å². The van der Waals surface area contributed by atoms with Gasteiger partial charge in [0, 0.05) is 11.6 Å². The van der Waals surface area contributed by atoms with Crippen molar-refractivity contribution in [3.8, 4) is 5.75 Å². The van der Waals surface area contributed by atoms with E-state index in [2.05, 4.69) is 50.9 Å². The molecule has 1 rings (SSSR count). The third-order valence-corrected chi connectivity index (χ3v) is 3.39. The highest BCUT2D eigenvalue weighted by atomic mass is 16.5. The van der Waals surface area contributed by atoms with E-state index < -0.39 is 0 Å². The number of rotatable bonds is 8.